The number of likely N-dealkylation sites (N-methyl/N-ethyl adjacent to an activating group) is 1. The second-order valence-electron chi connectivity index (χ2n) is 8.47. The lowest BCUT2D eigenvalue weighted by Crippen LogP contribution is -2.48. The van der Waals surface area contributed by atoms with Crippen LogP contribution in [0.5, 0.6) is 0 Å². The van der Waals surface area contributed by atoms with Gasteiger partial charge in [0.15, 0.2) is 0 Å². The van der Waals surface area contributed by atoms with Crippen LogP contribution in [-0.4, -0.2) is 35.7 Å². The van der Waals surface area contributed by atoms with Crippen molar-refractivity contribution in [1.82, 2.24) is 15.6 Å². The number of alkyl carbamates (subject to hydrolysis) is 1. The molecule has 0 saturated carbocycles. The van der Waals surface area contributed by atoms with E-state index in [1.165, 1.54) is 0 Å². The van der Waals surface area contributed by atoms with Crippen molar-refractivity contribution in [3.8, 4) is 22.4 Å². The molecule has 0 spiro atoms. The van der Waals surface area contributed by atoms with Crippen molar-refractivity contribution in [3.63, 3.8) is 0 Å². The van der Waals surface area contributed by atoms with Gasteiger partial charge in [0.05, 0.1) is 5.69 Å². The third-order valence-corrected chi connectivity index (χ3v) is 4.84. The molecule has 0 saturated heterocycles. The first-order chi connectivity index (χ1) is 15.3. The number of aromatic nitrogens is 1. The topological polar surface area (TPSA) is 80.3 Å². The fraction of sp³-hybridized carbons (Fsp3) is 0.269. The zero-order valence-corrected chi connectivity index (χ0v) is 18.9. The molecule has 0 aliphatic carbocycles. The molecule has 0 aliphatic heterocycles. The van der Waals surface area contributed by atoms with Crippen LogP contribution in [0.1, 0.15) is 26.3 Å². The Morgan fingerprint density at radius 2 is 1.62 bits per heavy atom. The summed E-state index contributed by atoms with van der Waals surface area (Å²) in [6.45, 7) is 5.34. The van der Waals surface area contributed by atoms with Gasteiger partial charge in [-0.2, -0.15) is 0 Å². The molecule has 0 unspecified atom stereocenters. The highest BCUT2D eigenvalue weighted by molar-refractivity contribution is 5.86. The van der Waals surface area contributed by atoms with Crippen LogP contribution in [0, 0.1) is 0 Å². The average molecular weight is 432 g/mol. The Morgan fingerprint density at radius 1 is 0.938 bits per heavy atom. The van der Waals surface area contributed by atoms with E-state index >= 15 is 0 Å². The van der Waals surface area contributed by atoms with Crippen LogP contribution in [0.25, 0.3) is 22.4 Å². The van der Waals surface area contributed by atoms with E-state index in [2.05, 4.69) is 15.6 Å². The molecule has 0 bridgehead atoms. The van der Waals surface area contributed by atoms with Gasteiger partial charge in [-0.15, -0.1) is 0 Å². The molecule has 1 heterocycles. The summed E-state index contributed by atoms with van der Waals surface area (Å²) in [5.41, 5.74) is 4.11. The molecule has 0 aliphatic rings. The van der Waals surface area contributed by atoms with Gasteiger partial charge in [-0.25, -0.2) is 4.79 Å². The van der Waals surface area contributed by atoms with Crippen LogP contribution in [0.2, 0.25) is 0 Å². The number of carbonyl (C=O) groups excluding carboxylic acids is 2. The third kappa shape index (κ3) is 6.17. The number of hydrogen-bond donors (Lipinski definition) is 2. The van der Waals surface area contributed by atoms with E-state index < -0.39 is 17.7 Å². The Morgan fingerprint density at radius 3 is 2.25 bits per heavy atom. The molecule has 166 valence electrons. The molecule has 6 nitrogen and oxygen atoms in total. The van der Waals surface area contributed by atoms with Crippen molar-refractivity contribution in [2.75, 3.05) is 7.05 Å². The molecule has 32 heavy (non-hydrogen) atoms. The van der Waals surface area contributed by atoms with Gasteiger partial charge in [0.2, 0.25) is 5.91 Å². The number of rotatable bonds is 6. The fourth-order valence-electron chi connectivity index (χ4n) is 3.37. The number of nitrogens with one attached hydrogen (secondary N) is 2. The maximum absolute atomic E-state index is 12.5. The highest BCUT2D eigenvalue weighted by atomic mass is 16.6. The third-order valence-electron chi connectivity index (χ3n) is 4.84. The molecule has 2 aromatic carbocycles. The second kappa shape index (κ2) is 10.1. The molecule has 0 fully saturated rings. The minimum atomic E-state index is -0.771. The van der Waals surface area contributed by atoms with Gasteiger partial charge in [-0.3, -0.25) is 9.78 Å². The molecule has 0 radical (unpaired) electrons. The normalized spacial score (nSPS) is 12.0. The van der Waals surface area contributed by atoms with E-state index in [9.17, 15) is 9.59 Å². The van der Waals surface area contributed by atoms with E-state index in [4.69, 9.17) is 4.74 Å². The zero-order valence-electron chi connectivity index (χ0n) is 18.9. The molecular weight excluding hydrogens is 402 g/mol. The van der Waals surface area contributed by atoms with E-state index in [1.807, 2.05) is 72.9 Å². The van der Waals surface area contributed by atoms with Crippen LogP contribution < -0.4 is 10.6 Å². The van der Waals surface area contributed by atoms with Gasteiger partial charge in [0.25, 0.3) is 0 Å². The van der Waals surface area contributed by atoms with Gasteiger partial charge in [-0.1, -0.05) is 60.7 Å². The summed E-state index contributed by atoms with van der Waals surface area (Å²) >= 11 is 0. The lowest BCUT2D eigenvalue weighted by molar-refractivity contribution is -0.122. The zero-order chi connectivity index (χ0) is 23.1. The Labute approximate surface area is 189 Å². The lowest BCUT2D eigenvalue weighted by atomic mass is 9.95. The van der Waals surface area contributed by atoms with Crippen LogP contribution in [0.3, 0.4) is 0 Å². The van der Waals surface area contributed by atoms with Gasteiger partial charge in [0, 0.05) is 30.8 Å². The molecule has 1 aromatic heterocycles. The number of ether oxygens (including phenoxy) is 1. The molecule has 2 N–H and O–H groups in total. The molecule has 2 amide bonds. The van der Waals surface area contributed by atoms with Crippen molar-refractivity contribution in [1.29, 1.82) is 0 Å². The number of amides is 2. The molecule has 1 atom stereocenters. The standard InChI is InChI=1S/C26H29N3O3/c1-26(2,3)32-25(31)29-23(24(30)27-4)16-19-12-8-9-13-21(19)20-14-15-22(28-17-20)18-10-6-5-7-11-18/h5-15,17,23H,16H2,1-4H3,(H,27,30)(H,29,31)/t23-/m0/s1. The number of pyridine rings is 1. The molecule has 6 heteroatoms. The Hall–Kier alpha value is -3.67. The summed E-state index contributed by atoms with van der Waals surface area (Å²) in [5, 5.41) is 5.31. The number of carbonyl (C=O) groups is 2. The first kappa shape index (κ1) is 23.0. The molecule has 3 rings (SSSR count). The van der Waals surface area contributed by atoms with Crippen molar-refractivity contribution in [3.05, 3.63) is 78.5 Å². The summed E-state index contributed by atoms with van der Waals surface area (Å²) in [7, 11) is 1.55. The Bertz CT molecular complexity index is 1060. The molecular formula is C26H29N3O3. The van der Waals surface area contributed by atoms with Crippen molar-refractivity contribution in [2.24, 2.45) is 0 Å². The Balaban J connectivity index is 1.84. The van der Waals surface area contributed by atoms with Gasteiger partial charge >= 0.3 is 6.09 Å². The number of hydrogen-bond acceptors (Lipinski definition) is 4. The first-order valence-electron chi connectivity index (χ1n) is 10.6. The summed E-state index contributed by atoms with van der Waals surface area (Å²) < 4.78 is 5.33. The number of nitrogens with zero attached hydrogens (tertiary/aromatic N) is 1. The summed E-state index contributed by atoms with van der Waals surface area (Å²) in [6.07, 6.45) is 1.52. The highest BCUT2D eigenvalue weighted by Crippen LogP contribution is 2.26. The van der Waals surface area contributed by atoms with Crippen molar-refractivity contribution >= 4 is 12.0 Å². The van der Waals surface area contributed by atoms with Crippen LogP contribution in [-0.2, 0) is 16.0 Å². The maximum atomic E-state index is 12.5. The van der Waals surface area contributed by atoms with Gasteiger partial charge < -0.3 is 15.4 Å². The van der Waals surface area contributed by atoms with E-state index in [1.54, 1.807) is 27.8 Å². The summed E-state index contributed by atoms with van der Waals surface area (Å²) in [4.78, 5) is 29.4. The Kier molecular flexibility index (Phi) is 7.25. The van der Waals surface area contributed by atoms with Gasteiger partial charge in [-0.05, 0) is 38.0 Å². The predicted octanol–water partition coefficient (Wildman–Crippen LogP) is 4.60. The van der Waals surface area contributed by atoms with E-state index in [0.717, 1.165) is 27.9 Å². The van der Waals surface area contributed by atoms with E-state index in [0.29, 0.717) is 6.42 Å². The molecule has 3 aromatic rings. The fourth-order valence-corrected chi connectivity index (χ4v) is 3.37. The second-order valence-corrected chi connectivity index (χ2v) is 8.47. The van der Waals surface area contributed by atoms with Crippen molar-refractivity contribution < 1.29 is 14.3 Å². The summed E-state index contributed by atoms with van der Waals surface area (Å²) in [5.74, 6) is -0.289. The van der Waals surface area contributed by atoms with Crippen molar-refractivity contribution in [2.45, 2.75) is 38.8 Å². The number of benzene rings is 2. The van der Waals surface area contributed by atoms with Crippen LogP contribution in [0.15, 0.2) is 72.9 Å². The maximum Gasteiger partial charge on any atom is 0.408 e. The van der Waals surface area contributed by atoms with Crippen LogP contribution in [0.4, 0.5) is 4.79 Å². The van der Waals surface area contributed by atoms with E-state index in [-0.39, 0.29) is 5.91 Å². The highest BCUT2D eigenvalue weighted by Gasteiger charge is 2.25. The first-order valence-corrected chi connectivity index (χ1v) is 10.6. The van der Waals surface area contributed by atoms with Gasteiger partial charge in [0.1, 0.15) is 11.6 Å². The SMILES string of the molecule is CNC(=O)[C@H](Cc1ccccc1-c1ccc(-c2ccccc2)nc1)NC(=O)OC(C)(C)C. The summed E-state index contributed by atoms with van der Waals surface area (Å²) in [6, 6.07) is 21.0. The average Bonchev–Trinajstić information content (AvgIpc) is 2.78. The smallest absolute Gasteiger partial charge is 0.408 e. The monoisotopic (exact) mass is 431 g/mol. The predicted molar refractivity (Wildman–Crippen MR) is 126 cm³/mol. The largest absolute Gasteiger partial charge is 0.444 e. The minimum Gasteiger partial charge on any atom is -0.444 e. The van der Waals surface area contributed by atoms with Crippen LogP contribution >= 0.6 is 0 Å². The quantitative estimate of drug-likeness (QED) is 0.598. The lowest BCUT2D eigenvalue weighted by Gasteiger charge is -2.23. The minimum absolute atomic E-state index is 0.289.